The number of benzene rings is 1. The summed E-state index contributed by atoms with van der Waals surface area (Å²) in [6, 6.07) is 7.97. The molecule has 0 aromatic heterocycles. The fourth-order valence-electron chi connectivity index (χ4n) is 4.76. The van der Waals surface area contributed by atoms with Crippen molar-refractivity contribution in [2.45, 2.75) is 64.5 Å². The van der Waals surface area contributed by atoms with Crippen LogP contribution in [0.3, 0.4) is 0 Å². The molecule has 5 nitrogen and oxygen atoms in total. The third-order valence-electron chi connectivity index (χ3n) is 7.45. The number of hydrogen-bond donors (Lipinski definition) is 2. The number of nitrogens with zero attached hydrogens (tertiary/aromatic N) is 2. The Bertz CT molecular complexity index is 701. The first kappa shape index (κ1) is 20.7. The highest BCUT2D eigenvalue weighted by molar-refractivity contribution is 5.89. The molecule has 2 saturated carbocycles. The van der Waals surface area contributed by atoms with Crippen molar-refractivity contribution in [3.05, 3.63) is 29.8 Å². The molecule has 3 fully saturated rings. The molecule has 5 heteroatoms. The Morgan fingerprint density at radius 3 is 2.31 bits per heavy atom. The minimum absolute atomic E-state index is 0.0442. The smallest absolute Gasteiger partial charge is 0.321 e. The molecule has 4 rings (SSSR count). The van der Waals surface area contributed by atoms with Gasteiger partial charge in [-0.15, -0.1) is 0 Å². The average molecular weight is 400 g/mol. The number of nitrogens with one attached hydrogen (secondary N) is 1. The van der Waals surface area contributed by atoms with Crippen molar-refractivity contribution in [1.29, 1.82) is 0 Å². The van der Waals surface area contributed by atoms with E-state index < -0.39 is 6.10 Å². The second-order valence-corrected chi connectivity index (χ2v) is 10.1. The minimum Gasteiger partial charge on any atom is -0.388 e. The first-order valence-corrected chi connectivity index (χ1v) is 11.4. The van der Waals surface area contributed by atoms with Crippen LogP contribution in [-0.2, 0) is 0 Å². The molecule has 1 heterocycles. The third kappa shape index (κ3) is 4.95. The Morgan fingerprint density at radius 1 is 1.14 bits per heavy atom. The van der Waals surface area contributed by atoms with Gasteiger partial charge in [0.1, 0.15) is 0 Å². The molecule has 160 valence electrons. The highest BCUT2D eigenvalue weighted by Gasteiger charge is 2.43. The van der Waals surface area contributed by atoms with Crippen molar-refractivity contribution in [1.82, 2.24) is 9.80 Å². The summed E-state index contributed by atoms with van der Waals surface area (Å²) in [6.07, 6.45) is 6.86. The molecule has 2 N–H and O–H groups in total. The van der Waals surface area contributed by atoms with Gasteiger partial charge in [-0.2, -0.15) is 0 Å². The average Bonchev–Trinajstić information content (AvgIpc) is 3.62. The molecule has 1 atom stereocenters. The Balaban J connectivity index is 1.27. The number of aliphatic hydroxyl groups excluding tert-OH is 1. The molecular formula is C24H37N3O2. The lowest BCUT2D eigenvalue weighted by atomic mass is 9.78. The molecule has 1 aromatic carbocycles. The van der Waals surface area contributed by atoms with Crippen LogP contribution in [0.2, 0.25) is 0 Å². The topological polar surface area (TPSA) is 55.8 Å². The maximum atomic E-state index is 12.7. The van der Waals surface area contributed by atoms with E-state index >= 15 is 0 Å². The van der Waals surface area contributed by atoms with Crippen LogP contribution in [0.4, 0.5) is 10.5 Å². The van der Waals surface area contributed by atoms with E-state index in [1.54, 1.807) is 0 Å². The number of hydrogen-bond acceptors (Lipinski definition) is 3. The van der Waals surface area contributed by atoms with Crippen molar-refractivity contribution in [2.75, 3.05) is 32.0 Å². The van der Waals surface area contributed by atoms with Gasteiger partial charge in [0, 0.05) is 38.4 Å². The quantitative estimate of drug-likeness (QED) is 0.710. The number of likely N-dealkylation sites (tertiary alicyclic amines) is 1. The summed E-state index contributed by atoms with van der Waals surface area (Å²) in [5, 5.41) is 13.8. The zero-order valence-corrected chi connectivity index (χ0v) is 18.2. The molecule has 3 aliphatic rings. The summed E-state index contributed by atoms with van der Waals surface area (Å²) in [5.41, 5.74) is 1.61. The summed E-state index contributed by atoms with van der Waals surface area (Å²) in [4.78, 5) is 17.1. The highest BCUT2D eigenvalue weighted by Crippen LogP contribution is 2.51. The Morgan fingerprint density at radius 2 is 1.76 bits per heavy atom. The van der Waals surface area contributed by atoms with E-state index in [-0.39, 0.29) is 11.4 Å². The first-order chi connectivity index (χ1) is 13.8. The molecule has 1 aliphatic heterocycles. The van der Waals surface area contributed by atoms with Crippen LogP contribution >= 0.6 is 0 Å². The Labute approximate surface area is 175 Å². The summed E-state index contributed by atoms with van der Waals surface area (Å²) >= 11 is 0. The molecule has 2 aliphatic carbocycles. The van der Waals surface area contributed by atoms with E-state index in [4.69, 9.17) is 0 Å². The lowest BCUT2D eigenvalue weighted by Crippen LogP contribution is -2.47. The number of piperidine rings is 1. The van der Waals surface area contributed by atoms with Gasteiger partial charge in [-0.3, -0.25) is 0 Å². The normalized spacial score (nSPS) is 22.3. The van der Waals surface area contributed by atoms with Gasteiger partial charge >= 0.3 is 6.03 Å². The van der Waals surface area contributed by atoms with Gasteiger partial charge in [0.2, 0.25) is 0 Å². The van der Waals surface area contributed by atoms with Crippen LogP contribution in [0.25, 0.3) is 0 Å². The van der Waals surface area contributed by atoms with E-state index in [9.17, 15) is 9.90 Å². The van der Waals surface area contributed by atoms with Gasteiger partial charge in [-0.25, -0.2) is 4.79 Å². The van der Waals surface area contributed by atoms with E-state index in [1.165, 1.54) is 32.2 Å². The second kappa shape index (κ2) is 8.27. The predicted octanol–water partition coefficient (Wildman–Crippen LogP) is 4.49. The monoisotopic (exact) mass is 399 g/mol. The molecule has 1 unspecified atom stereocenters. The third-order valence-corrected chi connectivity index (χ3v) is 7.45. The molecule has 0 bridgehead atoms. The fraction of sp³-hybridized carbons (Fsp3) is 0.708. The first-order valence-electron chi connectivity index (χ1n) is 11.4. The summed E-state index contributed by atoms with van der Waals surface area (Å²) in [6.45, 7) is 7.74. The van der Waals surface area contributed by atoms with Gasteiger partial charge < -0.3 is 20.2 Å². The van der Waals surface area contributed by atoms with Crippen molar-refractivity contribution < 1.29 is 9.90 Å². The van der Waals surface area contributed by atoms with E-state index in [1.807, 2.05) is 36.2 Å². The maximum Gasteiger partial charge on any atom is 0.321 e. The van der Waals surface area contributed by atoms with Gasteiger partial charge in [-0.05, 0) is 73.5 Å². The number of aliphatic hydroxyl groups is 1. The molecule has 0 spiro atoms. The lowest BCUT2D eigenvalue weighted by Gasteiger charge is -2.36. The Hall–Kier alpha value is -1.59. The standard InChI is InChI=1S/C24H37N3O2/c1-24(2,19-8-9-19)22(28)18-6-10-20(11-7-18)25-23(29)26(3)21-12-14-27(15-13-21)16-17-4-5-17/h6-7,10-11,17,19,21-22,28H,4-5,8-9,12-16H2,1-3H3,(H,25,29). The summed E-state index contributed by atoms with van der Waals surface area (Å²) < 4.78 is 0. The number of carbonyl (C=O) groups excluding carboxylic acids is 1. The van der Waals surface area contributed by atoms with Gasteiger partial charge in [-0.1, -0.05) is 26.0 Å². The Kier molecular flexibility index (Phi) is 5.90. The molecule has 1 saturated heterocycles. The fourth-order valence-corrected chi connectivity index (χ4v) is 4.76. The molecule has 29 heavy (non-hydrogen) atoms. The zero-order valence-electron chi connectivity index (χ0n) is 18.2. The number of anilines is 1. The van der Waals surface area contributed by atoms with Crippen molar-refractivity contribution in [3.63, 3.8) is 0 Å². The summed E-state index contributed by atoms with van der Waals surface area (Å²) in [5.74, 6) is 1.55. The molecule has 1 aromatic rings. The van der Waals surface area contributed by atoms with Gasteiger partial charge in [0.15, 0.2) is 0 Å². The van der Waals surface area contributed by atoms with Crippen molar-refractivity contribution in [3.8, 4) is 0 Å². The zero-order chi connectivity index (χ0) is 20.6. The van der Waals surface area contributed by atoms with E-state index in [0.717, 1.165) is 43.1 Å². The van der Waals surface area contributed by atoms with Crippen LogP contribution in [0.15, 0.2) is 24.3 Å². The summed E-state index contributed by atoms with van der Waals surface area (Å²) in [7, 11) is 1.91. The SMILES string of the molecule is CN(C(=O)Nc1ccc(C(O)C(C)(C)C2CC2)cc1)C1CCN(CC2CC2)CC1. The van der Waals surface area contributed by atoms with Crippen LogP contribution in [0, 0.1) is 17.3 Å². The predicted molar refractivity (Wildman–Crippen MR) is 117 cm³/mol. The van der Waals surface area contributed by atoms with Gasteiger partial charge in [0.05, 0.1) is 6.10 Å². The number of amides is 2. The van der Waals surface area contributed by atoms with E-state index in [0.29, 0.717) is 12.0 Å². The van der Waals surface area contributed by atoms with Crippen LogP contribution in [0.5, 0.6) is 0 Å². The largest absolute Gasteiger partial charge is 0.388 e. The van der Waals surface area contributed by atoms with Crippen LogP contribution in [0.1, 0.15) is 64.0 Å². The molecular weight excluding hydrogens is 362 g/mol. The van der Waals surface area contributed by atoms with Crippen LogP contribution < -0.4 is 5.32 Å². The minimum atomic E-state index is -0.469. The highest BCUT2D eigenvalue weighted by atomic mass is 16.3. The van der Waals surface area contributed by atoms with Crippen molar-refractivity contribution in [2.24, 2.45) is 17.3 Å². The van der Waals surface area contributed by atoms with E-state index in [2.05, 4.69) is 24.1 Å². The van der Waals surface area contributed by atoms with Crippen molar-refractivity contribution >= 4 is 11.7 Å². The molecule has 2 amide bonds. The number of rotatable bonds is 7. The lowest BCUT2D eigenvalue weighted by molar-refractivity contribution is 0.0330. The van der Waals surface area contributed by atoms with Crippen LogP contribution in [-0.4, -0.2) is 53.7 Å². The number of urea groups is 1. The number of carbonyl (C=O) groups is 1. The van der Waals surface area contributed by atoms with Gasteiger partial charge in [0.25, 0.3) is 0 Å². The maximum absolute atomic E-state index is 12.7. The molecule has 0 radical (unpaired) electrons. The second-order valence-electron chi connectivity index (χ2n) is 10.1.